The Bertz CT molecular complexity index is 478. The van der Waals surface area contributed by atoms with Crippen LogP contribution in [0.3, 0.4) is 0 Å². The SMILES string of the molecule is O=C(O)c1ccnc(N2CCC(N3CCCC3)CC2)c1. The van der Waals surface area contributed by atoms with E-state index in [4.69, 9.17) is 5.11 Å². The molecule has 0 aliphatic carbocycles. The largest absolute Gasteiger partial charge is 0.478 e. The maximum atomic E-state index is 11.0. The number of rotatable bonds is 3. The molecule has 1 N–H and O–H groups in total. The molecular formula is C15H21N3O2. The number of aromatic carboxylic acids is 1. The van der Waals surface area contributed by atoms with Crippen LogP contribution in [0.4, 0.5) is 5.82 Å². The summed E-state index contributed by atoms with van der Waals surface area (Å²) in [5, 5.41) is 9.04. The van der Waals surface area contributed by atoms with Crippen LogP contribution in [-0.2, 0) is 0 Å². The molecule has 0 atom stereocenters. The van der Waals surface area contributed by atoms with Gasteiger partial charge in [0.1, 0.15) is 5.82 Å². The zero-order valence-electron chi connectivity index (χ0n) is 11.7. The number of hydrogen-bond donors (Lipinski definition) is 1. The molecule has 0 amide bonds. The molecule has 1 aromatic rings. The normalized spacial score (nSPS) is 21.3. The number of carboxylic acids is 1. The first kappa shape index (κ1) is 13.4. The summed E-state index contributed by atoms with van der Waals surface area (Å²) in [7, 11) is 0. The Morgan fingerprint density at radius 2 is 1.90 bits per heavy atom. The first-order chi connectivity index (χ1) is 9.74. The maximum Gasteiger partial charge on any atom is 0.335 e. The molecule has 2 aliphatic heterocycles. The molecule has 0 bridgehead atoms. The van der Waals surface area contributed by atoms with Crippen molar-refractivity contribution < 1.29 is 9.90 Å². The van der Waals surface area contributed by atoms with Crippen LogP contribution in [0.1, 0.15) is 36.0 Å². The van der Waals surface area contributed by atoms with E-state index in [0.29, 0.717) is 11.6 Å². The van der Waals surface area contributed by atoms with Crippen molar-refractivity contribution in [1.82, 2.24) is 9.88 Å². The van der Waals surface area contributed by atoms with Gasteiger partial charge in [0, 0.05) is 25.3 Å². The minimum Gasteiger partial charge on any atom is -0.478 e. The van der Waals surface area contributed by atoms with Crippen molar-refractivity contribution in [3.8, 4) is 0 Å². The Kier molecular flexibility index (Phi) is 3.87. The average molecular weight is 275 g/mol. The monoisotopic (exact) mass is 275 g/mol. The highest BCUT2D eigenvalue weighted by Gasteiger charge is 2.26. The van der Waals surface area contributed by atoms with Crippen molar-refractivity contribution in [1.29, 1.82) is 0 Å². The van der Waals surface area contributed by atoms with E-state index in [9.17, 15) is 4.79 Å². The number of likely N-dealkylation sites (tertiary alicyclic amines) is 1. The van der Waals surface area contributed by atoms with Crippen molar-refractivity contribution in [3.63, 3.8) is 0 Å². The van der Waals surface area contributed by atoms with Crippen LogP contribution < -0.4 is 4.90 Å². The van der Waals surface area contributed by atoms with Crippen LogP contribution in [0.15, 0.2) is 18.3 Å². The molecule has 2 saturated heterocycles. The third-order valence-electron chi connectivity index (χ3n) is 4.44. The van der Waals surface area contributed by atoms with Crippen molar-refractivity contribution in [2.45, 2.75) is 31.7 Å². The number of piperidine rings is 1. The molecule has 5 nitrogen and oxygen atoms in total. The lowest BCUT2D eigenvalue weighted by molar-refractivity contribution is 0.0696. The molecule has 2 fully saturated rings. The number of pyridine rings is 1. The fourth-order valence-electron chi connectivity index (χ4n) is 3.29. The number of aromatic nitrogens is 1. The van der Waals surface area contributed by atoms with E-state index >= 15 is 0 Å². The summed E-state index contributed by atoms with van der Waals surface area (Å²) in [6, 6.07) is 3.93. The standard InChI is InChI=1S/C15H21N3O2/c19-15(20)12-3-6-16-14(11-12)18-9-4-13(5-10-18)17-7-1-2-8-17/h3,6,11,13H,1-2,4-5,7-10H2,(H,19,20). The quantitative estimate of drug-likeness (QED) is 0.912. The molecule has 1 aromatic heterocycles. The minimum absolute atomic E-state index is 0.316. The molecule has 3 heterocycles. The Hall–Kier alpha value is -1.62. The first-order valence-corrected chi connectivity index (χ1v) is 7.42. The summed E-state index contributed by atoms with van der Waals surface area (Å²) in [4.78, 5) is 20.1. The lowest BCUT2D eigenvalue weighted by atomic mass is 10.0. The fraction of sp³-hybridized carbons (Fsp3) is 0.600. The van der Waals surface area contributed by atoms with Gasteiger partial charge in [-0.15, -0.1) is 0 Å². The van der Waals surface area contributed by atoms with E-state index in [1.54, 1.807) is 18.3 Å². The van der Waals surface area contributed by atoms with Gasteiger partial charge in [0.25, 0.3) is 0 Å². The van der Waals surface area contributed by atoms with E-state index in [2.05, 4.69) is 14.8 Å². The number of carbonyl (C=O) groups is 1. The van der Waals surface area contributed by atoms with Gasteiger partial charge in [-0.1, -0.05) is 0 Å². The molecule has 0 spiro atoms. The Morgan fingerprint density at radius 1 is 1.20 bits per heavy atom. The van der Waals surface area contributed by atoms with Crippen LogP contribution in [0.5, 0.6) is 0 Å². The third-order valence-corrected chi connectivity index (χ3v) is 4.44. The number of nitrogens with zero attached hydrogens (tertiary/aromatic N) is 3. The Morgan fingerprint density at radius 3 is 2.55 bits per heavy atom. The molecule has 0 unspecified atom stereocenters. The number of carboxylic acid groups (broad SMARTS) is 1. The zero-order valence-corrected chi connectivity index (χ0v) is 11.7. The predicted molar refractivity (Wildman–Crippen MR) is 77.2 cm³/mol. The molecule has 108 valence electrons. The summed E-state index contributed by atoms with van der Waals surface area (Å²) in [5.41, 5.74) is 0.316. The van der Waals surface area contributed by atoms with E-state index in [1.807, 2.05) is 0 Å². The summed E-state index contributed by atoms with van der Waals surface area (Å²) in [6.45, 7) is 4.43. The summed E-state index contributed by atoms with van der Waals surface area (Å²) >= 11 is 0. The second-order valence-electron chi connectivity index (χ2n) is 5.67. The van der Waals surface area contributed by atoms with Crippen LogP contribution >= 0.6 is 0 Å². The molecular weight excluding hydrogens is 254 g/mol. The summed E-state index contributed by atoms with van der Waals surface area (Å²) < 4.78 is 0. The van der Waals surface area contributed by atoms with E-state index < -0.39 is 5.97 Å². The van der Waals surface area contributed by atoms with Crippen LogP contribution in [0.25, 0.3) is 0 Å². The Labute approximate surface area is 119 Å². The number of anilines is 1. The number of hydrogen-bond acceptors (Lipinski definition) is 4. The van der Waals surface area contributed by atoms with Crippen molar-refractivity contribution >= 4 is 11.8 Å². The van der Waals surface area contributed by atoms with Crippen LogP contribution in [-0.4, -0.2) is 53.2 Å². The van der Waals surface area contributed by atoms with Gasteiger partial charge in [-0.05, 0) is 50.9 Å². The second-order valence-corrected chi connectivity index (χ2v) is 5.67. The van der Waals surface area contributed by atoms with Crippen molar-refractivity contribution in [3.05, 3.63) is 23.9 Å². The molecule has 2 aliphatic rings. The average Bonchev–Trinajstić information content (AvgIpc) is 3.02. The van der Waals surface area contributed by atoms with Gasteiger partial charge in [-0.25, -0.2) is 9.78 Å². The van der Waals surface area contributed by atoms with Gasteiger partial charge < -0.3 is 14.9 Å². The van der Waals surface area contributed by atoms with Crippen LogP contribution in [0, 0.1) is 0 Å². The fourth-order valence-corrected chi connectivity index (χ4v) is 3.29. The zero-order chi connectivity index (χ0) is 13.9. The molecule has 0 aromatic carbocycles. The first-order valence-electron chi connectivity index (χ1n) is 7.42. The van der Waals surface area contributed by atoms with E-state index in [1.165, 1.54) is 25.9 Å². The molecule has 20 heavy (non-hydrogen) atoms. The molecule has 5 heteroatoms. The van der Waals surface area contributed by atoms with Crippen LogP contribution in [0.2, 0.25) is 0 Å². The molecule has 3 rings (SSSR count). The topological polar surface area (TPSA) is 56.7 Å². The highest BCUT2D eigenvalue weighted by Crippen LogP contribution is 2.24. The van der Waals surface area contributed by atoms with Crippen molar-refractivity contribution in [2.75, 3.05) is 31.1 Å². The highest BCUT2D eigenvalue weighted by molar-refractivity contribution is 5.88. The highest BCUT2D eigenvalue weighted by atomic mass is 16.4. The van der Waals surface area contributed by atoms with Gasteiger partial charge in [0.2, 0.25) is 0 Å². The molecule has 0 saturated carbocycles. The maximum absolute atomic E-state index is 11.0. The molecule has 0 radical (unpaired) electrons. The minimum atomic E-state index is -0.888. The summed E-state index contributed by atoms with van der Waals surface area (Å²) in [6.07, 6.45) is 6.56. The van der Waals surface area contributed by atoms with Gasteiger partial charge in [0.15, 0.2) is 0 Å². The van der Waals surface area contributed by atoms with E-state index in [-0.39, 0.29) is 0 Å². The van der Waals surface area contributed by atoms with E-state index in [0.717, 1.165) is 31.7 Å². The second kappa shape index (κ2) is 5.79. The smallest absolute Gasteiger partial charge is 0.335 e. The van der Waals surface area contributed by atoms with Gasteiger partial charge >= 0.3 is 5.97 Å². The lowest BCUT2D eigenvalue weighted by Gasteiger charge is -2.37. The van der Waals surface area contributed by atoms with Crippen molar-refractivity contribution in [2.24, 2.45) is 0 Å². The van der Waals surface area contributed by atoms with Gasteiger partial charge in [0.05, 0.1) is 5.56 Å². The summed E-state index contributed by atoms with van der Waals surface area (Å²) in [5.74, 6) is -0.0922. The van der Waals surface area contributed by atoms with Gasteiger partial charge in [-0.3, -0.25) is 0 Å². The Balaban J connectivity index is 1.62. The third kappa shape index (κ3) is 2.77. The predicted octanol–water partition coefficient (Wildman–Crippen LogP) is 1.84. The lowest BCUT2D eigenvalue weighted by Crippen LogP contribution is -2.44. The van der Waals surface area contributed by atoms with Gasteiger partial charge in [-0.2, -0.15) is 0 Å².